The number of hydrogen-bond donors (Lipinski definition) is 1. The van der Waals surface area contributed by atoms with Crippen molar-refractivity contribution in [3.8, 4) is 5.75 Å². The van der Waals surface area contributed by atoms with Crippen molar-refractivity contribution in [2.24, 2.45) is 0 Å². The van der Waals surface area contributed by atoms with Crippen molar-refractivity contribution in [3.05, 3.63) is 65.7 Å². The van der Waals surface area contributed by atoms with Gasteiger partial charge in [0, 0.05) is 17.7 Å². The van der Waals surface area contributed by atoms with Crippen molar-refractivity contribution in [1.82, 2.24) is 4.90 Å². The number of rotatable bonds is 6. The largest absolute Gasteiger partial charge is 0.484 e. The van der Waals surface area contributed by atoms with Crippen molar-refractivity contribution in [1.29, 1.82) is 0 Å². The maximum Gasteiger partial charge on any atom is 0.326 e. The van der Waals surface area contributed by atoms with E-state index >= 15 is 0 Å². The molecule has 1 unspecified atom stereocenters. The number of ketones is 1. The monoisotopic (exact) mass is 367 g/mol. The first-order valence-electron chi connectivity index (χ1n) is 8.91. The number of carboxylic acid groups (broad SMARTS) is 1. The number of nitrogens with zero attached hydrogens (tertiary/aromatic N) is 1. The molecule has 0 radical (unpaired) electrons. The number of benzene rings is 2. The zero-order chi connectivity index (χ0) is 19.2. The van der Waals surface area contributed by atoms with Crippen LogP contribution in [0.25, 0.3) is 0 Å². The minimum Gasteiger partial charge on any atom is -0.484 e. The molecule has 1 saturated heterocycles. The van der Waals surface area contributed by atoms with E-state index in [1.165, 1.54) is 4.90 Å². The first-order chi connectivity index (χ1) is 13.1. The Bertz CT molecular complexity index is 816. The molecular formula is C21H21NO5. The van der Waals surface area contributed by atoms with Gasteiger partial charge in [0.1, 0.15) is 11.8 Å². The Kier molecular flexibility index (Phi) is 5.86. The Hall–Kier alpha value is -3.15. The molecule has 6 heteroatoms. The van der Waals surface area contributed by atoms with Crippen LogP contribution in [0.1, 0.15) is 35.2 Å². The molecule has 0 aliphatic carbocycles. The van der Waals surface area contributed by atoms with E-state index in [2.05, 4.69) is 0 Å². The standard InChI is InChI=1S/C21H21NO5/c23-19(22-13-5-4-8-18(22)21(25)26)14-27-17-11-9-16(10-12-17)20(24)15-6-2-1-3-7-15/h1-3,6-7,9-12,18H,4-5,8,13-14H2,(H,25,26). The van der Waals surface area contributed by atoms with Crippen molar-refractivity contribution < 1.29 is 24.2 Å². The fraction of sp³-hybridized carbons (Fsp3) is 0.286. The van der Waals surface area contributed by atoms with E-state index in [0.29, 0.717) is 29.8 Å². The fourth-order valence-electron chi connectivity index (χ4n) is 3.17. The maximum atomic E-state index is 12.4. The normalized spacial score (nSPS) is 16.6. The third-order valence-corrected chi connectivity index (χ3v) is 4.62. The highest BCUT2D eigenvalue weighted by molar-refractivity contribution is 6.09. The molecule has 140 valence electrons. The molecule has 2 aromatic rings. The van der Waals surface area contributed by atoms with Crippen LogP contribution in [0.3, 0.4) is 0 Å². The highest BCUT2D eigenvalue weighted by Gasteiger charge is 2.31. The van der Waals surface area contributed by atoms with E-state index in [1.807, 2.05) is 6.07 Å². The first-order valence-corrected chi connectivity index (χ1v) is 8.91. The Morgan fingerprint density at radius 3 is 2.30 bits per heavy atom. The van der Waals surface area contributed by atoms with Gasteiger partial charge in [0.25, 0.3) is 5.91 Å². The van der Waals surface area contributed by atoms with Gasteiger partial charge in [-0.05, 0) is 43.5 Å². The summed E-state index contributed by atoms with van der Waals surface area (Å²) in [6.45, 7) is 0.208. The van der Waals surface area contributed by atoms with Gasteiger partial charge in [-0.1, -0.05) is 30.3 Å². The molecule has 0 bridgehead atoms. The highest BCUT2D eigenvalue weighted by Crippen LogP contribution is 2.19. The molecule has 2 aromatic carbocycles. The predicted molar refractivity (Wildman–Crippen MR) is 98.8 cm³/mol. The quantitative estimate of drug-likeness (QED) is 0.794. The van der Waals surface area contributed by atoms with Crippen LogP contribution in [0.4, 0.5) is 0 Å². The third-order valence-electron chi connectivity index (χ3n) is 4.62. The highest BCUT2D eigenvalue weighted by atomic mass is 16.5. The summed E-state index contributed by atoms with van der Waals surface area (Å²) in [5.41, 5.74) is 1.13. The molecule has 1 atom stereocenters. The molecule has 0 spiro atoms. The smallest absolute Gasteiger partial charge is 0.326 e. The molecular weight excluding hydrogens is 346 g/mol. The number of carbonyl (C=O) groups excluding carboxylic acids is 2. The summed E-state index contributed by atoms with van der Waals surface area (Å²) in [6, 6.07) is 14.8. The second kappa shape index (κ2) is 8.49. The first kappa shape index (κ1) is 18.6. The predicted octanol–water partition coefficient (Wildman–Crippen LogP) is 2.76. The molecule has 1 fully saturated rings. The Balaban J connectivity index is 1.59. The lowest BCUT2D eigenvalue weighted by Crippen LogP contribution is -2.49. The van der Waals surface area contributed by atoms with Gasteiger partial charge in [-0.15, -0.1) is 0 Å². The third kappa shape index (κ3) is 4.53. The summed E-state index contributed by atoms with van der Waals surface area (Å²) >= 11 is 0. The summed E-state index contributed by atoms with van der Waals surface area (Å²) in [4.78, 5) is 37.4. The van der Waals surface area contributed by atoms with E-state index in [1.54, 1.807) is 48.5 Å². The van der Waals surface area contributed by atoms with Crippen LogP contribution < -0.4 is 4.74 Å². The summed E-state index contributed by atoms with van der Waals surface area (Å²) < 4.78 is 5.49. The molecule has 1 aliphatic rings. The van der Waals surface area contributed by atoms with Crippen LogP contribution in [-0.2, 0) is 9.59 Å². The van der Waals surface area contributed by atoms with E-state index in [9.17, 15) is 19.5 Å². The van der Waals surface area contributed by atoms with Crippen LogP contribution in [-0.4, -0.2) is 46.9 Å². The van der Waals surface area contributed by atoms with Crippen LogP contribution in [0.2, 0.25) is 0 Å². The van der Waals surface area contributed by atoms with Gasteiger partial charge in [0.15, 0.2) is 12.4 Å². The van der Waals surface area contributed by atoms with Gasteiger partial charge in [0.05, 0.1) is 0 Å². The number of carbonyl (C=O) groups is 3. The lowest BCUT2D eigenvalue weighted by molar-refractivity contribution is -0.152. The van der Waals surface area contributed by atoms with Crippen LogP contribution in [0.5, 0.6) is 5.75 Å². The Labute approximate surface area is 157 Å². The minimum atomic E-state index is -0.980. The molecule has 1 aliphatic heterocycles. The molecule has 1 N–H and O–H groups in total. The van der Waals surface area contributed by atoms with Gasteiger partial charge in [-0.25, -0.2) is 4.79 Å². The number of piperidine rings is 1. The molecule has 0 aromatic heterocycles. The number of likely N-dealkylation sites (tertiary alicyclic amines) is 1. The molecule has 27 heavy (non-hydrogen) atoms. The number of carboxylic acids is 1. The molecule has 1 amide bonds. The van der Waals surface area contributed by atoms with Crippen LogP contribution in [0.15, 0.2) is 54.6 Å². The van der Waals surface area contributed by atoms with Crippen molar-refractivity contribution >= 4 is 17.7 Å². The number of amides is 1. The second-order valence-electron chi connectivity index (χ2n) is 6.45. The zero-order valence-electron chi connectivity index (χ0n) is 14.8. The summed E-state index contributed by atoms with van der Waals surface area (Å²) in [5.74, 6) is -0.953. The molecule has 6 nitrogen and oxygen atoms in total. The fourth-order valence-corrected chi connectivity index (χ4v) is 3.17. The number of aliphatic carboxylic acids is 1. The van der Waals surface area contributed by atoms with Gasteiger partial charge in [-0.3, -0.25) is 9.59 Å². The molecule has 3 rings (SSSR count). The minimum absolute atomic E-state index is 0.0872. The van der Waals surface area contributed by atoms with E-state index in [4.69, 9.17) is 4.74 Å². The van der Waals surface area contributed by atoms with E-state index in [0.717, 1.165) is 12.8 Å². The number of hydrogen-bond acceptors (Lipinski definition) is 4. The van der Waals surface area contributed by atoms with E-state index < -0.39 is 12.0 Å². The zero-order valence-corrected chi connectivity index (χ0v) is 14.8. The van der Waals surface area contributed by atoms with Gasteiger partial charge in [-0.2, -0.15) is 0 Å². The maximum absolute atomic E-state index is 12.4. The van der Waals surface area contributed by atoms with Gasteiger partial charge >= 0.3 is 5.97 Å². The average molecular weight is 367 g/mol. The molecule has 1 heterocycles. The van der Waals surface area contributed by atoms with Crippen molar-refractivity contribution in [2.75, 3.05) is 13.2 Å². The molecule has 0 saturated carbocycles. The van der Waals surface area contributed by atoms with Crippen LogP contribution >= 0.6 is 0 Å². The summed E-state index contributed by atoms with van der Waals surface area (Å²) in [7, 11) is 0. The van der Waals surface area contributed by atoms with Crippen LogP contribution in [0, 0.1) is 0 Å². The summed E-state index contributed by atoms with van der Waals surface area (Å²) in [6.07, 6.45) is 2.07. The van der Waals surface area contributed by atoms with Crippen molar-refractivity contribution in [3.63, 3.8) is 0 Å². The van der Waals surface area contributed by atoms with Gasteiger partial charge < -0.3 is 14.7 Å². The lowest BCUT2D eigenvalue weighted by Gasteiger charge is -2.32. The topological polar surface area (TPSA) is 83.9 Å². The number of ether oxygens (including phenoxy) is 1. The summed E-state index contributed by atoms with van der Waals surface area (Å²) in [5, 5.41) is 9.25. The van der Waals surface area contributed by atoms with Gasteiger partial charge in [0.2, 0.25) is 0 Å². The average Bonchev–Trinajstić information content (AvgIpc) is 2.72. The van der Waals surface area contributed by atoms with E-state index in [-0.39, 0.29) is 18.3 Å². The van der Waals surface area contributed by atoms with Crippen molar-refractivity contribution in [2.45, 2.75) is 25.3 Å². The Morgan fingerprint density at radius 2 is 1.63 bits per heavy atom. The second-order valence-corrected chi connectivity index (χ2v) is 6.45. The Morgan fingerprint density at radius 1 is 0.963 bits per heavy atom. The SMILES string of the molecule is O=C(c1ccccc1)c1ccc(OCC(=O)N2CCCCC2C(=O)O)cc1. The lowest BCUT2D eigenvalue weighted by atomic mass is 10.0.